The highest BCUT2D eigenvalue weighted by molar-refractivity contribution is 5.86. The van der Waals surface area contributed by atoms with Crippen LogP contribution in [0.1, 0.15) is 20.3 Å². The molecule has 0 aliphatic heterocycles. The van der Waals surface area contributed by atoms with E-state index in [0.29, 0.717) is 6.42 Å². The molecule has 2 N–H and O–H groups in total. The first-order valence-electron chi connectivity index (χ1n) is 9.03. The maximum atomic E-state index is 12.4. The minimum Gasteiger partial charge on any atom is -0.467 e. The monoisotopic (exact) mass is 405 g/mol. The van der Waals surface area contributed by atoms with Crippen LogP contribution in [0.25, 0.3) is 10.8 Å². The van der Waals surface area contributed by atoms with Crippen molar-refractivity contribution in [1.29, 1.82) is 0 Å². The number of aromatic nitrogens is 2. The lowest BCUT2D eigenvalue weighted by Gasteiger charge is -2.21. The van der Waals surface area contributed by atoms with Crippen LogP contribution in [0.5, 0.6) is 0 Å². The summed E-state index contributed by atoms with van der Waals surface area (Å²) >= 11 is 0. The van der Waals surface area contributed by atoms with Gasteiger partial charge in [0.25, 0.3) is 17.0 Å². The Kier molecular flexibility index (Phi) is 7.29. The molecule has 10 nitrogen and oxygen atoms in total. The first kappa shape index (κ1) is 21.9. The number of nitrogens with zero attached hydrogens (tertiary/aromatic N) is 1. The number of hydrogen-bond acceptors (Lipinski definition) is 7. The van der Waals surface area contributed by atoms with Gasteiger partial charge in [-0.15, -0.1) is 0 Å². The maximum Gasteiger partial charge on any atom is 0.328 e. The molecule has 0 spiro atoms. The summed E-state index contributed by atoms with van der Waals surface area (Å²) in [6.07, 6.45) is 0.623. The average molecular weight is 405 g/mol. The van der Waals surface area contributed by atoms with Gasteiger partial charge in [-0.25, -0.2) is 9.48 Å². The van der Waals surface area contributed by atoms with Crippen LogP contribution in [0.3, 0.4) is 0 Å². The Morgan fingerprint density at radius 1 is 1.17 bits per heavy atom. The molecule has 0 unspecified atom stereocenters. The summed E-state index contributed by atoms with van der Waals surface area (Å²) < 4.78 is 10.3. The molecule has 0 bridgehead atoms. The summed E-state index contributed by atoms with van der Waals surface area (Å²) in [7, 11) is 1.21. The van der Waals surface area contributed by atoms with Crippen LogP contribution in [0.2, 0.25) is 0 Å². The molecule has 0 aliphatic carbocycles. The van der Waals surface area contributed by atoms with Gasteiger partial charge < -0.3 is 14.8 Å². The van der Waals surface area contributed by atoms with Gasteiger partial charge in [-0.3, -0.25) is 24.3 Å². The number of methoxy groups -OCH3 is 1. The lowest BCUT2D eigenvalue weighted by Crippen LogP contribution is -2.47. The van der Waals surface area contributed by atoms with Crippen LogP contribution in [-0.2, 0) is 30.4 Å². The Hall–Kier alpha value is -3.43. The quantitative estimate of drug-likeness (QED) is 0.587. The number of rotatable bonds is 8. The number of carbonyl (C=O) groups is 3. The fourth-order valence-electron chi connectivity index (χ4n) is 2.69. The molecule has 10 heteroatoms. The van der Waals surface area contributed by atoms with E-state index in [9.17, 15) is 24.0 Å². The highest BCUT2D eigenvalue weighted by Crippen LogP contribution is 2.09. The molecular weight excluding hydrogens is 382 g/mol. The fraction of sp³-hybridized carbons (Fsp3) is 0.421. The van der Waals surface area contributed by atoms with Crippen molar-refractivity contribution < 1.29 is 23.9 Å². The molecule has 29 heavy (non-hydrogen) atoms. The van der Waals surface area contributed by atoms with Crippen molar-refractivity contribution >= 4 is 28.6 Å². The van der Waals surface area contributed by atoms with Gasteiger partial charge in [0.2, 0.25) is 0 Å². The molecule has 1 amide bonds. The van der Waals surface area contributed by atoms with Crippen molar-refractivity contribution in [3.63, 3.8) is 0 Å². The molecule has 1 aromatic heterocycles. The van der Waals surface area contributed by atoms with Crippen LogP contribution in [-0.4, -0.2) is 47.4 Å². The van der Waals surface area contributed by atoms with Gasteiger partial charge in [0.05, 0.1) is 17.9 Å². The average Bonchev–Trinajstić information content (AvgIpc) is 2.73. The molecule has 1 heterocycles. The number of ether oxygens (including phenoxy) is 2. The van der Waals surface area contributed by atoms with Crippen LogP contribution in [0.4, 0.5) is 0 Å². The molecular formula is C19H23N3O7. The summed E-state index contributed by atoms with van der Waals surface area (Å²) in [5.74, 6) is -2.36. The van der Waals surface area contributed by atoms with Crippen LogP contribution in [0.15, 0.2) is 33.9 Å². The fourth-order valence-corrected chi connectivity index (χ4v) is 2.69. The number of hydrogen-bond donors (Lipinski definition) is 2. The normalized spacial score (nSPS) is 12.8. The topological polar surface area (TPSA) is 137 Å². The lowest BCUT2D eigenvalue weighted by atomic mass is 9.99. The number of esters is 2. The van der Waals surface area contributed by atoms with Crippen LogP contribution >= 0.6 is 0 Å². The Balaban J connectivity index is 2.01. The highest BCUT2D eigenvalue weighted by Gasteiger charge is 2.27. The molecule has 0 aliphatic rings. The molecule has 156 valence electrons. The zero-order valence-corrected chi connectivity index (χ0v) is 16.4. The van der Waals surface area contributed by atoms with Crippen molar-refractivity contribution in [3.8, 4) is 0 Å². The van der Waals surface area contributed by atoms with Crippen molar-refractivity contribution in [3.05, 3.63) is 45.0 Å². The summed E-state index contributed by atoms with van der Waals surface area (Å²) in [4.78, 5) is 60.2. The number of aromatic amines is 1. The zero-order valence-electron chi connectivity index (χ0n) is 16.4. The van der Waals surface area contributed by atoms with E-state index in [-0.39, 0.29) is 16.7 Å². The third kappa shape index (κ3) is 5.31. The van der Waals surface area contributed by atoms with E-state index in [1.165, 1.54) is 19.2 Å². The van der Waals surface area contributed by atoms with Crippen molar-refractivity contribution in [2.75, 3.05) is 13.7 Å². The predicted octanol–water partition coefficient (Wildman–Crippen LogP) is -0.0631. The highest BCUT2D eigenvalue weighted by atomic mass is 16.5. The Bertz CT molecular complexity index is 1020. The summed E-state index contributed by atoms with van der Waals surface area (Å²) in [6, 6.07) is 5.33. The van der Waals surface area contributed by atoms with Gasteiger partial charge in [-0.1, -0.05) is 32.4 Å². The van der Waals surface area contributed by atoms with Gasteiger partial charge >= 0.3 is 11.9 Å². The first-order chi connectivity index (χ1) is 13.8. The third-order valence-electron chi connectivity index (χ3n) is 4.52. The molecule has 0 saturated heterocycles. The second-order valence-corrected chi connectivity index (χ2v) is 6.49. The summed E-state index contributed by atoms with van der Waals surface area (Å²) in [5.41, 5.74) is -1.09. The van der Waals surface area contributed by atoms with E-state index in [1.54, 1.807) is 19.1 Å². The smallest absolute Gasteiger partial charge is 0.328 e. The number of H-pyrrole nitrogens is 1. The Morgan fingerprint density at radius 2 is 1.83 bits per heavy atom. The zero-order chi connectivity index (χ0) is 21.6. The minimum absolute atomic E-state index is 0.163. The van der Waals surface area contributed by atoms with E-state index < -0.39 is 48.2 Å². The molecule has 2 aromatic rings. The van der Waals surface area contributed by atoms with Crippen molar-refractivity contribution in [2.24, 2.45) is 5.92 Å². The Morgan fingerprint density at radius 3 is 2.45 bits per heavy atom. The number of nitrogens with one attached hydrogen (secondary N) is 2. The van der Waals surface area contributed by atoms with Crippen LogP contribution in [0, 0.1) is 5.92 Å². The second-order valence-electron chi connectivity index (χ2n) is 6.49. The van der Waals surface area contributed by atoms with Crippen molar-refractivity contribution in [2.45, 2.75) is 32.9 Å². The van der Waals surface area contributed by atoms with Crippen LogP contribution < -0.4 is 16.4 Å². The van der Waals surface area contributed by atoms with E-state index in [4.69, 9.17) is 4.74 Å². The molecule has 2 atom stereocenters. The maximum absolute atomic E-state index is 12.4. The lowest BCUT2D eigenvalue weighted by molar-refractivity contribution is -0.151. The first-order valence-corrected chi connectivity index (χ1v) is 9.03. The molecule has 1 aromatic carbocycles. The van der Waals surface area contributed by atoms with E-state index >= 15 is 0 Å². The molecule has 2 rings (SSSR count). The van der Waals surface area contributed by atoms with Gasteiger partial charge in [-0.2, -0.15) is 0 Å². The Labute approximate surface area is 165 Å². The van der Waals surface area contributed by atoms with Crippen molar-refractivity contribution in [1.82, 2.24) is 15.1 Å². The largest absolute Gasteiger partial charge is 0.467 e. The SMILES string of the molecule is CC[C@H](C)[C@@H](NC(=O)COC(=O)Cn1[nH]c(=O)c2ccccc2c1=O)C(=O)OC. The summed E-state index contributed by atoms with van der Waals surface area (Å²) in [6.45, 7) is 2.42. The van der Waals surface area contributed by atoms with Gasteiger partial charge in [0.1, 0.15) is 12.6 Å². The second kappa shape index (κ2) is 9.67. The number of amides is 1. The molecule has 0 fully saturated rings. The van der Waals surface area contributed by atoms with E-state index in [1.807, 2.05) is 6.92 Å². The van der Waals surface area contributed by atoms with E-state index in [2.05, 4.69) is 15.2 Å². The third-order valence-corrected chi connectivity index (χ3v) is 4.52. The van der Waals surface area contributed by atoms with Gasteiger partial charge in [0.15, 0.2) is 6.61 Å². The minimum atomic E-state index is -0.897. The summed E-state index contributed by atoms with van der Waals surface area (Å²) in [5, 5.41) is 5.14. The number of carbonyl (C=O) groups excluding carboxylic acids is 3. The van der Waals surface area contributed by atoms with Gasteiger partial charge in [0, 0.05) is 0 Å². The molecule has 0 saturated carbocycles. The number of benzene rings is 1. The van der Waals surface area contributed by atoms with Gasteiger partial charge in [-0.05, 0) is 18.1 Å². The predicted molar refractivity (Wildman–Crippen MR) is 103 cm³/mol. The number of fused-ring (bicyclic) bond motifs is 1. The van der Waals surface area contributed by atoms with E-state index in [0.717, 1.165) is 4.68 Å². The standard InChI is InChI=1S/C19H23N3O7/c1-4-11(2)16(19(27)28-3)20-14(23)10-29-15(24)9-22-18(26)13-8-6-5-7-12(13)17(25)21-22/h5-8,11,16H,4,9-10H2,1-3H3,(H,20,23)(H,21,25)/t11-,16+/m0/s1. The molecule has 0 radical (unpaired) electrons.